The maximum absolute atomic E-state index is 12.3. The highest BCUT2D eigenvalue weighted by Gasteiger charge is 2.17. The molecule has 3 aromatic rings. The summed E-state index contributed by atoms with van der Waals surface area (Å²) in [6.07, 6.45) is 0. The Morgan fingerprint density at radius 1 is 1.07 bits per heavy atom. The van der Waals surface area contributed by atoms with E-state index in [0.717, 1.165) is 21.7 Å². The van der Waals surface area contributed by atoms with Crippen LogP contribution >= 0.6 is 11.3 Å². The standard InChI is InChI=1S/C20H21N5O2S/c1-13-7-6-10-16(11-13)18-24-25-20(28-18)23-17(26)14(2)22-19(27)21-12-15-8-4-3-5-9-15/h3-11,14H,12H2,1-2H3,(H2,21,22,27)(H,23,25,26)/t14-/m0/s1. The van der Waals surface area contributed by atoms with Gasteiger partial charge in [-0.05, 0) is 25.5 Å². The van der Waals surface area contributed by atoms with Gasteiger partial charge in [0.05, 0.1) is 0 Å². The first kappa shape index (κ1) is 19.5. The van der Waals surface area contributed by atoms with Crippen LogP contribution in [0.25, 0.3) is 10.6 Å². The Bertz CT molecular complexity index is 958. The number of hydrogen-bond donors (Lipinski definition) is 3. The van der Waals surface area contributed by atoms with Gasteiger partial charge in [0.15, 0.2) is 0 Å². The Morgan fingerprint density at radius 3 is 2.61 bits per heavy atom. The lowest BCUT2D eigenvalue weighted by Crippen LogP contribution is -2.46. The molecule has 0 radical (unpaired) electrons. The van der Waals surface area contributed by atoms with Crippen LogP contribution in [0.3, 0.4) is 0 Å². The van der Waals surface area contributed by atoms with Crippen LogP contribution in [-0.4, -0.2) is 28.2 Å². The predicted molar refractivity (Wildman–Crippen MR) is 110 cm³/mol. The molecule has 8 heteroatoms. The molecule has 0 fully saturated rings. The third-order valence-electron chi connectivity index (χ3n) is 3.96. The third-order valence-corrected chi connectivity index (χ3v) is 4.84. The lowest BCUT2D eigenvalue weighted by Gasteiger charge is -2.13. The molecule has 2 aromatic carbocycles. The minimum atomic E-state index is -0.720. The fourth-order valence-corrected chi connectivity index (χ4v) is 3.22. The van der Waals surface area contributed by atoms with Crippen LogP contribution in [0.5, 0.6) is 0 Å². The lowest BCUT2D eigenvalue weighted by atomic mass is 10.1. The number of amides is 3. The number of carbonyl (C=O) groups excluding carboxylic acids is 2. The monoisotopic (exact) mass is 395 g/mol. The molecule has 1 heterocycles. The normalized spacial score (nSPS) is 11.5. The summed E-state index contributed by atoms with van der Waals surface area (Å²) < 4.78 is 0. The van der Waals surface area contributed by atoms with E-state index in [1.54, 1.807) is 6.92 Å². The van der Waals surface area contributed by atoms with E-state index >= 15 is 0 Å². The number of hydrogen-bond acceptors (Lipinski definition) is 5. The molecular formula is C20H21N5O2S. The summed E-state index contributed by atoms with van der Waals surface area (Å²) in [6, 6.07) is 16.3. The zero-order chi connectivity index (χ0) is 19.9. The molecular weight excluding hydrogens is 374 g/mol. The summed E-state index contributed by atoms with van der Waals surface area (Å²) in [6.45, 7) is 4.00. The van der Waals surface area contributed by atoms with Gasteiger partial charge in [-0.3, -0.25) is 10.1 Å². The molecule has 7 nitrogen and oxygen atoms in total. The summed E-state index contributed by atoms with van der Waals surface area (Å²) in [7, 11) is 0. The molecule has 0 aliphatic heterocycles. The maximum Gasteiger partial charge on any atom is 0.315 e. The van der Waals surface area contributed by atoms with Crippen LogP contribution in [-0.2, 0) is 11.3 Å². The number of aromatic nitrogens is 2. The average molecular weight is 395 g/mol. The van der Waals surface area contributed by atoms with E-state index in [4.69, 9.17) is 0 Å². The van der Waals surface area contributed by atoms with Gasteiger partial charge in [-0.25, -0.2) is 4.79 Å². The van der Waals surface area contributed by atoms with Crippen molar-refractivity contribution in [3.63, 3.8) is 0 Å². The molecule has 1 atom stereocenters. The average Bonchev–Trinajstić information content (AvgIpc) is 3.15. The molecule has 3 amide bonds. The molecule has 3 N–H and O–H groups in total. The fourth-order valence-electron chi connectivity index (χ4n) is 2.47. The minimum Gasteiger partial charge on any atom is -0.334 e. The summed E-state index contributed by atoms with van der Waals surface area (Å²) in [4.78, 5) is 24.3. The van der Waals surface area contributed by atoms with Crippen molar-refractivity contribution in [3.8, 4) is 10.6 Å². The second-order valence-corrected chi connectivity index (χ2v) is 7.28. The molecule has 3 rings (SSSR count). The highest BCUT2D eigenvalue weighted by atomic mass is 32.1. The second kappa shape index (κ2) is 9.09. The van der Waals surface area contributed by atoms with Gasteiger partial charge in [0, 0.05) is 12.1 Å². The molecule has 0 unspecified atom stereocenters. The lowest BCUT2D eigenvalue weighted by molar-refractivity contribution is -0.117. The van der Waals surface area contributed by atoms with E-state index in [2.05, 4.69) is 26.1 Å². The van der Waals surface area contributed by atoms with Gasteiger partial charge in [-0.2, -0.15) is 0 Å². The van der Waals surface area contributed by atoms with Crippen molar-refractivity contribution in [2.24, 2.45) is 0 Å². The first-order valence-electron chi connectivity index (χ1n) is 8.81. The van der Waals surface area contributed by atoms with Crippen molar-refractivity contribution in [3.05, 3.63) is 65.7 Å². The number of anilines is 1. The molecule has 0 bridgehead atoms. The molecule has 144 valence electrons. The van der Waals surface area contributed by atoms with Crippen LogP contribution in [0, 0.1) is 6.92 Å². The molecule has 0 saturated heterocycles. The van der Waals surface area contributed by atoms with Crippen LogP contribution in [0.15, 0.2) is 54.6 Å². The minimum absolute atomic E-state index is 0.359. The highest BCUT2D eigenvalue weighted by molar-refractivity contribution is 7.18. The van der Waals surface area contributed by atoms with E-state index in [0.29, 0.717) is 11.7 Å². The first-order chi connectivity index (χ1) is 13.5. The van der Waals surface area contributed by atoms with Crippen LogP contribution in [0.4, 0.5) is 9.93 Å². The largest absolute Gasteiger partial charge is 0.334 e. The van der Waals surface area contributed by atoms with Crippen LogP contribution in [0.2, 0.25) is 0 Å². The van der Waals surface area contributed by atoms with Gasteiger partial charge in [-0.15, -0.1) is 10.2 Å². The number of benzene rings is 2. The van der Waals surface area contributed by atoms with E-state index < -0.39 is 12.1 Å². The molecule has 0 aliphatic carbocycles. The number of nitrogens with one attached hydrogen (secondary N) is 3. The van der Waals surface area contributed by atoms with Gasteiger partial charge in [0.2, 0.25) is 11.0 Å². The Labute approximate surface area is 167 Å². The molecule has 0 spiro atoms. The zero-order valence-electron chi connectivity index (χ0n) is 15.6. The summed E-state index contributed by atoms with van der Waals surface area (Å²) in [5.41, 5.74) is 3.05. The predicted octanol–water partition coefficient (Wildman–Crippen LogP) is 3.34. The van der Waals surface area contributed by atoms with Crippen LogP contribution < -0.4 is 16.0 Å². The van der Waals surface area contributed by atoms with Crippen molar-refractivity contribution < 1.29 is 9.59 Å². The van der Waals surface area contributed by atoms with E-state index in [1.807, 2.05) is 61.5 Å². The van der Waals surface area contributed by atoms with Gasteiger partial charge >= 0.3 is 6.03 Å². The number of nitrogens with zero attached hydrogens (tertiary/aromatic N) is 2. The quantitative estimate of drug-likeness (QED) is 0.596. The van der Waals surface area contributed by atoms with Crippen molar-refractivity contribution in [1.29, 1.82) is 0 Å². The Kier molecular flexibility index (Phi) is 6.33. The molecule has 0 aliphatic rings. The number of aryl methyl sites for hydroxylation is 1. The van der Waals surface area contributed by atoms with Crippen molar-refractivity contribution >= 4 is 28.4 Å². The van der Waals surface area contributed by atoms with Gasteiger partial charge in [-0.1, -0.05) is 65.4 Å². The zero-order valence-corrected chi connectivity index (χ0v) is 16.4. The smallest absolute Gasteiger partial charge is 0.315 e. The van der Waals surface area contributed by atoms with E-state index in [9.17, 15) is 9.59 Å². The summed E-state index contributed by atoms with van der Waals surface area (Å²) in [5.74, 6) is -0.359. The molecule has 28 heavy (non-hydrogen) atoms. The molecule has 1 aromatic heterocycles. The SMILES string of the molecule is Cc1cccc(-c2nnc(NC(=O)[C@H](C)NC(=O)NCc3ccccc3)s2)c1. The van der Waals surface area contributed by atoms with Gasteiger partial charge < -0.3 is 10.6 Å². The van der Waals surface area contributed by atoms with E-state index in [-0.39, 0.29) is 5.91 Å². The van der Waals surface area contributed by atoms with Crippen LogP contribution in [0.1, 0.15) is 18.1 Å². The van der Waals surface area contributed by atoms with Crippen molar-refractivity contribution in [2.45, 2.75) is 26.4 Å². The second-order valence-electron chi connectivity index (χ2n) is 6.31. The fraction of sp³-hybridized carbons (Fsp3) is 0.200. The topological polar surface area (TPSA) is 96.0 Å². The number of carbonyl (C=O) groups is 2. The summed E-state index contributed by atoms with van der Waals surface area (Å²) in [5, 5.41) is 17.3. The Hall–Kier alpha value is -3.26. The maximum atomic E-state index is 12.3. The van der Waals surface area contributed by atoms with E-state index in [1.165, 1.54) is 11.3 Å². The molecule has 0 saturated carbocycles. The van der Waals surface area contributed by atoms with Crippen molar-refractivity contribution in [1.82, 2.24) is 20.8 Å². The Morgan fingerprint density at radius 2 is 1.86 bits per heavy atom. The third kappa shape index (κ3) is 5.37. The van der Waals surface area contributed by atoms with Crippen molar-refractivity contribution in [2.75, 3.05) is 5.32 Å². The Balaban J connectivity index is 1.51. The van der Waals surface area contributed by atoms with Gasteiger partial charge in [0.1, 0.15) is 11.0 Å². The summed E-state index contributed by atoms with van der Waals surface area (Å²) >= 11 is 1.28. The highest BCUT2D eigenvalue weighted by Crippen LogP contribution is 2.26. The van der Waals surface area contributed by atoms with Gasteiger partial charge in [0.25, 0.3) is 0 Å². The first-order valence-corrected chi connectivity index (χ1v) is 9.62. The number of urea groups is 1. The number of rotatable bonds is 6.